The topological polar surface area (TPSA) is 0 Å². The van der Waals surface area contributed by atoms with E-state index in [-0.39, 0.29) is 0 Å². The van der Waals surface area contributed by atoms with E-state index in [0.29, 0.717) is 5.41 Å². The molecule has 1 atom stereocenters. The molecule has 0 spiro atoms. The van der Waals surface area contributed by atoms with Gasteiger partial charge in [-0.2, -0.15) is 0 Å². The summed E-state index contributed by atoms with van der Waals surface area (Å²) in [5.74, 6) is 0.921. The summed E-state index contributed by atoms with van der Waals surface area (Å²) in [5.41, 5.74) is 0.565. The van der Waals surface area contributed by atoms with E-state index in [1.54, 1.807) is 23.3 Å². The van der Waals surface area contributed by atoms with Gasteiger partial charge < -0.3 is 0 Å². The van der Waals surface area contributed by atoms with Crippen molar-refractivity contribution in [1.82, 2.24) is 0 Å². The van der Waals surface area contributed by atoms with Crippen LogP contribution in [0.4, 0.5) is 0 Å². The van der Waals surface area contributed by atoms with Gasteiger partial charge in [0, 0.05) is 0 Å². The molecule has 1 heteroatoms. The summed E-state index contributed by atoms with van der Waals surface area (Å²) < 4.78 is 1.77. The van der Waals surface area contributed by atoms with Crippen molar-refractivity contribution in [3.63, 3.8) is 0 Å². The van der Waals surface area contributed by atoms with Gasteiger partial charge >= 0.3 is 68.2 Å². The van der Waals surface area contributed by atoms with Crippen molar-refractivity contribution in [2.75, 3.05) is 0 Å². The quantitative estimate of drug-likeness (QED) is 0.642. The Balaban J connectivity index is 2.78. The van der Waals surface area contributed by atoms with E-state index in [0.717, 1.165) is 5.92 Å². The second kappa shape index (κ2) is 2.31. The van der Waals surface area contributed by atoms with E-state index >= 15 is 0 Å². The summed E-state index contributed by atoms with van der Waals surface area (Å²) in [6, 6.07) is 0. The van der Waals surface area contributed by atoms with Gasteiger partial charge in [0.05, 0.1) is 0 Å². The molecular weight excluding hydrogens is 280 g/mol. The Kier molecular flexibility index (Phi) is 1.96. The van der Waals surface area contributed by atoms with Crippen molar-refractivity contribution in [2.24, 2.45) is 11.3 Å². The van der Waals surface area contributed by atoms with E-state index in [2.05, 4.69) is 20.8 Å². The zero-order valence-corrected chi connectivity index (χ0v) is 9.33. The van der Waals surface area contributed by atoms with Crippen LogP contribution in [0.2, 0.25) is 0 Å². The normalized spacial score (nSPS) is 33.2. The van der Waals surface area contributed by atoms with Crippen molar-refractivity contribution in [3.05, 3.63) is 0 Å². The molecule has 0 aromatic heterocycles. The Morgan fingerprint density at radius 3 is 2.22 bits per heavy atom. The van der Waals surface area contributed by atoms with E-state index in [1.807, 2.05) is 0 Å². The first kappa shape index (κ1) is 7.66. The average Bonchev–Trinajstić information content (AvgIpc) is 1.96. The fourth-order valence-corrected chi connectivity index (χ4v) is 2.45. The van der Waals surface area contributed by atoms with Gasteiger partial charge in [-0.3, -0.25) is 0 Å². The zero-order valence-electron chi connectivity index (χ0n) is 6.40. The predicted molar refractivity (Wildman–Crippen MR) is 37.2 cm³/mol. The number of hydrogen-bond donors (Lipinski definition) is 0. The van der Waals surface area contributed by atoms with Crippen LogP contribution in [0.1, 0.15) is 33.6 Å². The first-order chi connectivity index (χ1) is 4.05. The Morgan fingerprint density at radius 1 is 1.56 bits per heavy atom. The molecular formula is C8H14W. The molecule has 0 nitrogen and oxygen atoms in total. The van der Waals surface area contributed by atoms with Gasteiger partial charge in [0.25, 0.3) is 0 Å². The predicted octanol–water partition coefficient (Wildman–Crippen LogP) is 2.16. The molecule has 1 fully saturated rings. The van der Waals surface area contributed by atoms with E-state index in [9.17, 15) is 0 Å². The van der Waals surface area contributed by atoms with Crippen LogP contribution >= 0.6 is 0 Å². The van der Waals surface area contributed by atoms with Crippen LogP contribution in [0.5, 0.6) is 0 Å². The second-order valence-corrected chi connectivity index (χ2v) is 5.36. The molecule has 0 heterocycles. The average molecular weight is 294 g/mol. The van der Waals surface area contributed by atoms with Gasteiger partial charge in [-0.05, 0) is 0 Å². The summed E-state index contributed by atoms with van der Waals surface area (Å²) in [5, 5.41) is 0. The van der Waals surface area contributed by atoms with E-state index in [4.69, 9.17) is 0 Å². The van der Waals surface area contributed by atoms with E-state index < -0.39 is 0 Å². The molecule has 0 saturated heterocycles. The fraction of sp³-hybridized carbons (Fsp3) is 0.875. The number of rotatable bonds is 0. The third-order valence-electron chi connectivity index (χ3n) is 2.76. The third kappa shape index (κ3) is 1.19. The first-order valence-corrected chi connectivity index (χ1v) is 5.05. The molecule has 0 amide bonds. The number of hydrogen-bond acceptors (Lipinski definition) is 0. The van der Waals surface area contributed by atoms with Crippen molar-refractivity contribution in [3.8, 4) is 0 Å². The van der Waals surface area contributed by atoms with Crippen molar-refractivity contribution in [1.29, 1.82) is 0 Å². The summed E-state index contributed by atoms with van der Waals surface area (Å²) in [6.45, 7) is 7.13. The van der Waals surface area contributed by atoms with Gasteiger partial charge in [0.2, 0.25) is 0 Å². The second-order valence-electron chi connectivity index (χ2n) is 3.58. The van der Waals surface area contributed by atoms with Crippen molar-refractivity contribution >= 4 is 3.90 Å². The maximum absolute atomic E-state index is 2.38. The van der Waals surface area contributed by atoms with Gasteiger partial charge in [0.1, 0.15) is 0 Å². The molecule has 9 heavy (non-hydrogen) atoms. The minimum absolute atomic E-state index is 0.565. The van der Waals surface area contributed by atoms with Crippen molar-refractivity contribution < 1.29 is 19.4 Å². The standard InChI is InChI=1S/C8H14.W/c1-7-5-4-6-8(7,2)3;/h7H,4-5H2,1-3H3;. The van der Waals surface area contributed by atoms with Gasteiger partial charge in [-0.15, -0.1) is 0 Å². The van der Waals surface area contributed by atoms with Crippen LogP contribution in [0.25, 0.3) is 0 Å². The van der Waals surface area contributed by atoms with Crippen LogP contribution in [0.15, 0.2) is 0 Å². The molecule has 1 aliphatic carbocycles. The Hall–Kier alpha value is 0.558. The molecule has 0 aromatic rings. The Bertz CT molecular complexity index is 136. The molecule has 0 radical (unpaired) electrons. The van der Waals surface area contributed by atoms with Crippen molar-refractivity contribution in [2.45, 2.75) is 33.6 Å². The molecule has 1 rings (SSSR count). The van der Waals surface area contributed by atoms with Gasteiger partial charge in [0.15, 0.2) is 0 Å². The fourth-order valence-electron chi connectivity index (χ4n) is 1.31. The molecule has 0 aromatic carbocycles. The molecule has 0 bridgehead atoms. The summed E-state index contributed by atoms with van der Waals surface area (Å²) >= 11 is 1.71. The van der Waals surface area contributed by atoms with E-state index in [1.165, 1.54) is 12.8 Å². The third-order valence-corrected chi connectivity index (χ3v) is 5.38. The van der Waals surface area contributed by atoms with Crippen LogP contribution in [0.3, 0.4) is 0 Å². The molecule has 0 aliphatic heterocycles. The summed E-state index contributed by atoms with van der Waals surface area (Å²) in [4.78, 5) is 0. The maximum atomic E-state index is 2.38. The first-order valence-electron chi connectivity index (χ1n) is 3.58. The van der Waals surface area contributed by atoms with Crippen LogP contribution < -0.4 is 0 Å². The van der Waals surface area contributed by atoms with Crippen LogP contribution in [0, 0.1) is 11.3 Å². The molecule has 1 aliphatic rings. The summed E-state index contributed by atoms with van der Waals surface area (Å²) in [6.07, 6.45) is 2.81. The van der Waals surface area contributed by atoms with Gasteiger partial charge in [-0.25, -0.2) is 0 Å². The molecule has 1 saturated carbocycles. The SMILES string of the molecule is CC1CC[C](=[W])C1(C)C. The Labute approximate surface area is 68.4 Å². The molecule has 1 unspecified atom stereocenters. The van der Waals surface area contributed by atoms with Gasteiger partial charge in [-0.1, -0.05) is 0 Å². The Morgan fingerprint density at radius 2 is 2.11 bits per heavy atom. The molecule has 52 valence electrons. The monoisotopic (exact) mass is 294 g/mol. The minimum atomic E-state index is 0.565. The van der Waals surface area contributed by atoms with Crippen LogP contribution in [-0.2, 0) is 19.4 Å². The van der Waals surface area contributed by atoms with Crippen LogP contribution in [-0.4, -0.2) is 3.90 Å². The molecule has 0 N–H and O–H groups in total. The summed E-state index contributed by atoms with van der Waals surface area (Å²) in [7, 11) is 0. The zero-order chi connectivity index (χ0) is 7.07.